The van der Waals surface area contributed by atoms with Crippen molar-refractivity contribution in [3.63, 3.8) is 0 Å². The molecule has 0 aliphatic carbocycles. The molecule has 0 saturated heterocycles. The van der Waals surface area contributed by atoms with Gasteiger partial charge in [0.15, 0.2) is 11.5 Å². The Morgan fingerprint density at radius 2 is 1.77 bits per heavy atom. The van der Waals surface area contributed by atoms with Gasteiger partial charge in [-0.25, -0.2) is 0 Å². The van der Waals surface area contributed by atoms with E-state index in [1.165, 1.54) is 11.8 Å². The van der Waals surface area contributed by atoms with E-state index >= 15 is 0 Å². The smallest absolute Gasteiger partial charge is 0.232 e. The van der Waals surface area contributed by atoms with Crippen LogP contribution < -0.4 is 14.2 Å². The summed E-state index contributed by atoms with van der Waals surface area (Å²) in [5, 5.41) is 2.26. The SMILES string of the molecule is COc1ccc2cc(CN(C)C(=O)CSc3ccc4c(c3)OCCCO4)ccc2c1. The van der Waals surface area contributed by atoms with E-state index in [1.54, 1.807) is 12.0 Å². The molecule has 0 aromatic heterocycles. The van der Waals surface area contributed by atoms with Crippen LogP contribution in [0.15, 0.2) is 59.5 Å². The minimum atomic E-state index is 0.0851. The molecule has 0 radical (unpaired) electrons. The number of fused-ring (bicyclic) bond motifs is 2. The van der Waals surface area contributed by atoms with Crippen LogP contribution in [-0.2, 0) is 11.3 Å². The molecule has 0 bridgehead atoms. The molecule has 0 unspecified atom stereocenters. The van der Waals surface area contributed by atoms with Crippen molar-refractivity contribution in [3.8, 4) is 17.2 Å². The van der Waals surface area contributed by atoms with Crippen LogP contribution in [0.1, 0.15) is 12.0 Å². The van der Waals surface area contributed by atoms with E-state index in [4.69, 9.17) is 14.2 Å². The number of carbonyl (C=O) groups is 1. The lowest BCUT2D eigenvalue weighted by molar-refractivity contribution is -0.127. The van der Waals surface area contributed by atoms with Crippen LogP contribution in [0, 0.1) is 0 Å². The molecule has 1 amide bonds. The molecule has 1 aliphatic heterocycles. The van der Waals surface area contributed by atoms with Gasteiger partial charge in [0.1, 0.15) is 5.75 Å². The molecule has 0 spiro atoms. The van der Waals surface area contributed by atoms with Crippen molar-refractivity contribution in [1.29, 1.82) is 0 Å². The largest absolute Gasteiger partial charge is 0.497 e. The van der Waals surface area contributed by atoms with E-state index in [1.807, 2.05) is 43.4 Å². The molecule has 6 heteroatoms. The van der Waals surface area contributed by atoms with Crippen LogP contribution >= 0.6 is 11.8 Å². The molecule has 0 fully saturated rings. The highest BCUT2D eigenvalue weighted by Gasteiger charge is 2.14. The summed E-state index contributed by atoms with van der Waals surface area (Å²) in [6.45, 7) is 1.90. The van der Waals surface area contributed by atoms with Gasteiger partial charge in [-0.3, -0.25) is 4.79 Å². The average Bonchev–Trinajstić information content (AvgIpc) is 3.02. The number of rotatable bonds is 6. The zero-order chi connectivity index (χ0) is 20.9. The number of thioether (sulfide) groups is 1. The van der Waals surface area contributed by atoms with E-state index in [9.17, 15) is 4.79 Å². The van der Waals surface area contributed by atoms with Gasteiger partial charge < -0.3 is 19.1 Å². The number of ether oxygens (including phenoxy) is 3. The van der Waals surface area contributed by atoms with Gasteiger partial charge in [0.2, 0.25) is 5.91 Å². The zero-order valence-corrected chi connectivity index (χ0v) is 18.0. The Kier molecular flexibility index (Phi) is 6.33. The molecule has 0 saturated carbocycles. The summed E-state index contributed by atoms with van der Waals surface area (Å²) in [6.07, 6.45) is 0.878. The Bertz CT molecular complexity index is 1050. The third-order valence-corrected chi connectivity index (χ3v) is 6.02. The highest BCUT2D eigenvalue weighted by Crippen LogP contribution is 2.34. The van der Waals surface area contributed by atoms with E-state index in [2.05, 4.69) is 18.2 Å². The molecule has 4 rings (SSSR count). The van der Waals surface area contributed by atoms with Crippen molar-refractivity contribution in [2.45, 2.75) is 17.9 Å². The first-order chi connectivity index (χ1) is 14.6. The van der Waals surface area contributed by atoms with E-state index in [0.717, 1.165) is 44.9 Å². The van der Waals surface area contributed by atoms with Crippen molar-refractivity contribution in [1.82, 2.24) is 4.90 Å². The fourth-order valence-electron chi connectivity index (χ4n) is 3.35. The monoisotopic (exact) mass is 423 g/mol. The van der Waals surface area contributed by atoms with Gasteiger partial charge in [-0.05, 0) is 52.7 Å². The lowest BCUT2D eigenvalue weighted by Crippen LogP contribution is -2.27. The molecule has 3 aromatic carbocycles. The Labute approximate surface area is 180 Å². The molecular weight excluding hydrogens is 398 g/mol. The first kappa shape index (κ1) is 20.4. The van der Waals surface area contributed by atoms with Gasteiger partial charge in [0.25, 0.3) is 0 Å². The van der Waals surface area contributed by atoms with Crippen LogP contribution in [0.25, 0.3) is 10.8 Å². The lowest BCUT2D eigenvalue weighted by Gasteiger charge is -2.18. The predicted octanol–water partition coefficient (Wildman–Crippen LogP) is 4.76. The number of nitrogens with zero attached hydrogens (tertiary/aromatic N) is 1. The minimum Gasteiger partial charge on any atom is -0.497 e. The van der Waals surface area contributed by atoms with Crippen LogP contribution in [0.5, 0.6) is 17.2 Å². The molecule has 0 N–H and O–H groups in total. The second-order valence-corrected chi connectivity index (χ2v) is 8.29. The average molecular weight is 424 g/mol. The fourth-order valence-corrected chi connectivity index (χ4v) is 4.21. The highest BCUT2D eigenvalue weighted by atomic mass is 32.2. The van der Waals surface area contributed by atoms with Crippen molar-refractivity contribution >= 4 is 28.4 Å². The Morgan fingerprint density at radius 1 is 1.00 bits per heavy atom. The Balaban J connectivity index is 1.36. The molecule has 0 atom stereocenters. The van der Waals surface area contributed by atoms with Crippen LogP contribution in [0.2, 0.25) is 0 Å². The van der Waals surface area contributed by atoms with Gasteiger partial charge in [-0.15, -0.1) is 11.8 Å². The van der Waals surface area contributed by atoms with Crippen molar-refractivity contribution in [3.05, 3.63) is 60.2 Å². The molecule has 1 heterocycles. The van der Waals surface area contributed by atoms with Gasteiger partial charge >= 0.3 is 0 Å². The third-order valence-electron chi connectivity index (χ3n) is 5.04. The standard InChI is InChI=1S/C24H25NO4S/c1-25(15-17-4-5-19-13-20(27-2)7-6-18(19)12-17)24(26)16-30-21-8-9-22-23(14-21)29-11-3-10-28-22/h4-9,12-14H,3,10-11,15-16H2,1-2H3. The van der Waals surface area contributed by atoms with Gasteiger partial charge in [0.05, 0.1) is 26.1 Å². The maximum Gasteiger partial charge on any atom is 0.232 e. The van der Waals surface area contributed by atoms with Gasteiger partial charge in [0, 0.05) is 24.9 Å². The summed E-state index contributed by atoms with van der Waals surface area (Å²) in [5.41, 5.74) is 1.10. The number of hydrogen-bond donors (Lipinski definition) is 0. The maximum atomic E-state index is 12.6. The highest BCUT2D eigenvalue weighted by molar-refractivity contribution is 8.00. The summed E-state index contributed by atoms with van der Waals surface area (Å²) in [5.74, 6) is 2.83. The number of carbonyl (C=O) groups excluding carboxylic acids is 1. The number of benzene rings is 3. The fraction of sp³-hybridized carbons (Fsp3) is 0.292. The Hall–Kier alpha value is -2.86. The second-order valence-electron chi connectivity index (χ2n) is 7.24. The molecule has 3 aromatic rings. The van der Waals surface area contributed by atoms with Crippen LogP contribution in [0.3, 0.4) is 0 Å². The number of amides is 1. The summed E-state index contributed by atoms with van der Waals surface area (Å²) in [4.78, 5) is 15.4. The Morgan fingerprint density at radius 3 is 2.60 bits per heavy atom. The van der Waals surface area contributed by atoms with Crippen molar-refractivity contribution < 1.29 is 19.0 Å². The summed E-state index contributed by atoms with van der Waals surface area (Å²) in [7, 11) is 3.51. The lowest BCUT2D eigenvalue weighted by atomic mass is 10.1. The third kappa shape index (κ3) is 4.82. The summed E-state index contributed by atoms with van der Waals surface area (Å²) < 4.78 is 16.7. The predicted molar refractivity (Wildman–Crippen MR) is 120 cm³/mol. The van der Waals surface area contributed by atoms with E-state index in [0.29, 0.717) is 25.5 Å². The number of hydrogen-bond acceptors (Lipinski definition) is 5. The molecule has 1 aliphatic rings. The van der Waals surface area contributed by atoms with Crippen molar-refractivity contribution in [2.24, 2.45) is 0 Å². The first-order valence-corrected chi connectivity index (χ1v) is 10.9. The van der Waals surface area contributed by atoms with Crippen LogP contribution in [-0.4, -0.2) is 43.9 Å². The molecule has 30 heavy (non-hydrogen) atoms. The summed E-state index contributed by atoms with van der Waals surface area (Å²) in [6, 6.07) is 18.1. The zero-order valence-electron chi connectivity index (χ0n) is 17.2. The van der Waals surface area contributed by atoms with E-state index < -0.39 is 0 Å². The summed E-state index contributed by atoms with van der Waals surface area (Å²) >= 11 is 1.51. The van der Waals surface area contributed by atoms with E-state index in [-0.39, 0.29) is 5.91 Å². The molecule has 156 valence electrons. The van der Waals surface area contributed by atoms with Gasteiger partial charge in [-0.1, -0.05) is 18.2 Å². The second kappa shape index (κ2) is 9.30. The quantitative estimate of drug-likeness (QED) is 0.535. The maximum absolute atomic E-state index is 12.6. The molecule has 5 nitrogen and oxygen atoms in total. The minimum absolute atomic E-state index is 0.0851. The normalized spacial score (nSPS) is 13.0. The van der Waals surface area contributed by atoms with Crippen molar-refractivity contribution in [2.75, 3.05) is 33.1 Å². The first-order valence-electron chi connectivity index (χ1n) is 9.95. The van der Waals surface area contributed by atoms with Gasteiger partial charge in [-0.2, -0.15) is 0 Å². The van der Waals surface area contributed by atoms with Crippen LogP contribution in [0.4, 0.5) is 0 Å². The topological polar surface area (TPSA) is 48.0 Å². The number of methoxy groups -OCH3 is 1. The molecular formula is C24H25NO4S.